The van der Waals surface area contributed by atoms with E-state index in [-0.39, 0.29) is 18.1 Å². The van der Waals surface area contributed by atoms with Crippen LogP contribution in [0.2, 0.25) is 10.0 Å². The van der Waals surface area contributed by atoms with Gasteiger partial charge in [0.15, 0.2) is 0 Å². The lowest BCUT2D eigenvalue weighted by Gasteiger charge is -2.38. The first-order valence-electron chi connectivity index (χ1n) is 11.9. The highest BCUT2D eigenvalue weighted by Crippen LogP contribution is 2.51. The summed E-state index contributed by atoms with van der Waals surface area (Å²) < 4.78 is 12.2. The van der Waals surface area contributed by atoms with Gasteiger partial charge in [0.1, 0.15) is 11.2 Å². The van der Waals surface area contributed by atoms with Crippen LogP contribution in [0.25, 0.3) is 11.1 Å². The molecule has 36 heavy (non-hydrogen) atoms. The lowest BCUT2D eigenvalue weighted by Crippen LogP contribution is -2.51. The predicted octanol–water partition coefficient (Wildman–Crippen LogP) is 8.27. The number of halogens is 3. The van der Waals surface area contributed by atoms with E-state index < -0.39 is 17.3 Å². The molecule has 0 N–H and O–H groups in total. The lowest BCUT2D eigenvalue weighted by atomic mass is 9.88. The molecule has 9 heteroatoms. The summed E-state index contributed by atoms with van der Waals surface area (Å²) in [6, 6.07) is 9.24. The number of hydrogen-bond donors (Lipinski definition) is 0. The third-order valence-corrected chi connectivity index (χ3v) is 7.28. The lowest BCUT2D eigenvalue weighted by molar-refractivity contribution is 0.0185. The fraction of sp³-hybridized carbons (Fsp3) is 0.481. The Morgan fingerprint density at radius 2 is 1.61 bits per heavy atom. The highest BCUT2D eigenvalue weighted by molar-refractivity contribution is 9.10. The van der Waals surface area contributed by atoms with Gasteiger partial charge < -0.3 is 14.4 Å². The van der Waals surface area contributed by atoms with E-state index in [4.69, 9.17) is 32.7 Å². The number of likely N-dealkylation sites (tertiary alicyclic amines) is 1. The van der Waals surface area contributed by atoms with Crippen LogP contribution < -0.4 is 4.90 Å². The average Bonchev–Trinajstić information content (AvgIpc) is 3.05. The van der Waals surface area contributed by atoms with Gasteiger partial charge in [-0.2, -0.15) is 0 Å². The highest BCUT2D eigenvalue weighted by atomic mass is 79.9. The third kappa shape index (κ3) is 5.63. The van der Waals surface area contributed by atoms with Gasteiger partial charge in [0, 0.05) is 39.1 Å². The van der Waals surface area contributed by atoms with Crippen LogP contribution in [0.5, 0.6) is 0 Å². The smallest absolute Gasteiger partial charge is 0.415 e. The number of ether oxygens (including phenoxy) is 2. The van der Waals surface area contributed by atoms with Crippen LogP contribution in [0.3, 0.4) is 0 Å². The molecule has 2 unspecified atom stereocenters. The van der Waals surface area contributed by atoms with Crippen molar-refractivity contribution in [3.8, 4) is 11.1 Å². The number of anilines is 1. The molecule has 194 valence electrons. The summed E-state index contributed by atoms with van der Waals surface area (Å²) in [6.07, 6.45) is -0.157. The van der Waals surface area contributed by atoms with Crippen LogP contribution in [0, 0.1) is 0 Å². The minimum Gasteiger partial charge on any atom is -0.444 e. The summed E-state index contributed by atoms with van der Waals surface area (Å²) >= 11 is 16.4. The monoisotopic (exact) mass is 596 g/mol. The van der Waals surface area contributed by atoms with Gasteiger partial charge in [-0.05, 0) is 99.3 Å². The number of rotatable bonds is 1. The molecule has 1 fully saturated rings. The summed E-state index contributed by atoms with van der Waals surface area (Å²) in [5.41, 5.74) is 2.20. The van der Waals surface area contributed by atoms with Gasteiger partial charge in [0.05, 0.1) is 11.7 Å². The zero-order valence-corrected chi connectivity index (χ0v) is 24.4. The Hall–Kier alpha value is -1.96. The zero-order chi connectivity index (χ0) is 26.6. The van der Waals surface area contributed by atoms with Gasteiger partial charge in [-0.1, -0.05) is 29.3 Å². The summed E-state index contributed by atoms with van der Waals surface area (Å²) in [5, 5.41) is 1.09. The van der Waals surface area contributed by atoms with Crippen LogP contribution in [-0.4, -0.2) is 47.4 Å². The standard InChI is InChI=1S/C27H31BrCl2N2O4/c1-26(2,3)35-24(33)31-10-9-22-19(14-31)18-11-15(17-8-7-16(29)13-21(17)30)12-20(28)23(18)32(22)25(34)36-27(4,5)6/h7-8,11-13,19,22H,9-10,14H2,1-6H3. The van der Waals surface area contributed by atoms with Gasteiger partial charge in [-0.25, -0.2) is 9.59 Å². The Morgan fingerprint density at radius 1 is 0.972 bits per heavy atom. The molecule has 6 nitrogen and oxygen atoms in total. The Labute approximate surface area is 230 Å². The number of hydrogen-bond acceptors (Lipinski definition) is 4. The molecule has 2 aliphatic rings. The van der Waals surface area contributed by atoms with Crippen molar-refractivity contribution in [2.75, 3.05) is 18.0 Å². The van der Waals surface area contributed by atoms with Crippen molar-refractivity contribution >= 4 is 57.0 Å². The molecule has 0 saturated carbocycles. The minimum absolute atomic E-state index is 0.115. The van der Waals surface area contributed by atoms with Crippen LogP contribution in [0.1, 0.15) is 59.4 Å². The molecule has 4 rings (SSSR count). The van der Waals surface area contributed by atoms with Crippen molar-refractivity contribution < 1.29 is 19.1 Å². The van der Waals surface area contributed by atoms with E-state index in [1.807, 2.05) is 53.7 Å². The number of carbonyl (C=O) groups is 2. The fourth-order valence-corrected chi connectivity index (χ4v) is 5.97. The van der Waals surface area contributed by atoms with E-state index in [1.54, 1.807) is 21.9 Å². The maximum absolute atomic E-state index is 13.4. The van der Waals surface area contributed by atoms with Gasteiger partial charge in [-0.15, -0.1) is 0 Å². The molecular formula is C27H31BrCl2N2O4. The molecule has 0 radical (unpaired) electrons. The van der Waals surface area contributed by atoms with E-state index in [0.717, 1.165) is 26.9 Å². The number of benzene rings is 2. The third-order valence-electron chi connectivity index (χ3n) is 6.13. The van der Waals surface area contributed by atoms with E-state index in [1.165, 1.54) is 0 Å². The summed E-state index contributed by atoms with van der Waals surface area (Å²) in [6.45, 7) is 12.0. The first-order valence-corrected chi connectivity index (χ1v) is 13.5. The first kappa shape index (κ1) is 27.1. The van der Waals surface area contributed by atoms with Gasteiger partial charge in [0.25, 0.3) is 0 Å². The molecule has 2 amide bonds. The SMILES string of the molecule is CC(C)(C)OC(=O)N1CCC2C(C1)c1cc(-c3ccc(Cl)cc3Cl)cc(Br)c1N2C(=O)OC(C)(C)C. The normalized spacial score (nSPS) is 19.6. The summed E-state index contributed by atoms with van der Waals surface area (Å²) in [4.78, 5) is 29.8. The van der Waals surface area contributed by atoms with Crippen LogP contribution in [0.4, 0.5) is 15.3 Å². The second-order valence-corrected chi connectivity index (χ2v) is 13.0. The van der Waals surface area contributed by atoms with Crippen molar-refractivity contribution in [2.24, 2.45) is 0 Å². The molecule has 2 aromatic carbocycles. The Morgan fingerprint density at radius 3 is 2.22 bits per heavy atom. The molecule has 2 aromatic rings. The second-order valence-electron chi connectivity index (χ2n) is 11.3. The Balaban J connectivity index is 1.78. The summed E-state index contributed by atoms with van der Waals surface area (Å²) in [7, 11) is 0. The van der Waals surface area contributed by atoms with Crippen molar-refractivity contribution in [2.45, 2.75) is 71.1 Å². The quantitative estimate of drug-likeness (QED) is 0.332. The number of fused-ring (bicyclic) bond motifs is 3. The number of amides is 2. The average molecular weight is 598 g/mol. The zero-order valence-electron chi connectivity index (χ0n) is 21.3. The molecule has 0 spiro atoms. The number of nitrogens with zero attached hydrogens (tertiary/aromatic N) is 2. The molecule has 0 aliphatic carbocycles. The predicted molar refractivity (Wildman–Crippen MR) is 147 cm³/mol. The van der Waals surface area contributed by atoms with Gasteiger partial charge >= 0.3 is 12.2 Å². The molecule has 2 aliphatic heterocycles. The van der Waals surface area contributed by atoms with Crippen LogP contribution in [0.15, 0.2) is 34.8 Å². The molecular weight excluding hydrogens is 567 g/mol. The minimum atomic E-state index is -0.643. The maximum Gasteiger partial charge on any atom is 0.415 e. The van der Waals surface area contributed by atoms with Crippen molar-refractivity contribution in [1.82, 2.24) is 4.90 Å². The number of carbonyl (C=O) groups excluding carboxylic acids is 2. The Bertz CT molecular complexity index is 1210. The van der Waals surface area contributed by atoms with Crippen molar-refractivity contribution in [3.05, 3.63) is 50.4 Å². The second kappa shape index (κ2) is 9.73. The van der Waals surface area contributed by atoms with Crippen LogP contribution >= 0.6 is 39.1 Å². The van der Waals surface area contributed by atoms with E-state index in [2.05, 4.69) is 22.0 Å². The van der Waals surface area contributed by atoms with Crippen molar-refractivity contribution in [3.63, 3.8) is 0 Å². The van der Waals surface area contributed by atoms with E-state index in [0.29, 0.717) is 29.6 Å². The maximum atomic E-state index is 13.4. The molecule has 0 aromatic heterocycles. The first-order chi connectivity index (χ1) is 16.6. The molecule has 2 atom stereocenters. The van der Waals surface area contributed by atoms with E-state index in [9.17, 15) is 9.59 Å². The van der Waals surface area contributed by atoms with Crippen molar-refractivity contribution in [1.29, 1.82) is 0 Å². The molecule has 1 saturated heterocycles. The topological polar surface area (TPSA) is 59.1 Å². The van der Waals surface area contributed by atoms with E-state index >= 15 is 0 Å². The number of piperidine rings is 1. The van der Waals surface area contributed by atoms with Crippen LogP contribution in [-0.2, 0) is 9.47 Å². The molecule has 0 bridgehead atoms. The highest BCUT2D eigenvalue weighted by Gasteiger charge is 2.48. The van der Waals surface area contributed by atoms with Gasteiger partial charge in [-0.3, -0.25) is 4.90 Å². The summed E-state index contributed by atoms with van der Waals surface area (Å²) in [5.74, 6) is -0.115. The largest absolute Gasteiger partial charge is 0.444 e. The Kier molecular flexibility index (Phi) is 7.32. The van der Waals surface area contributed by atoms with Gasteiger partial charge in [0.2, 0.25) is 0 Å². The fourth-order valence-electron chi connectivity index (χ4n) is 4.79. The molecule has 2 heterocycles.